The van der Waals surface area contributed by atoms with Gasteiger partial charge in [0.05, 0.1) is 25.4 Å². The molecule has 6 heteroatoms. The van der Waals surface area contributed by atoms with Crippen LogP contribution < -0.4 is 5.32 Å². The lowest BCUT2D eigenvalue weighted by molar-refractivity contribution is -0.143. The minimum absolute atomic E-state index is 0.00136. The highest BCUT2D eigenvalue weighted by Crippen LogP contribution is 2.16. The van der Waals surface area contributed by atoms with Crippen molar-refractivity contribution in [2.24, 2.45) is 0 Å². The number of rotatable bonds is 48. The molecule has 0 aromatic heterocycles. The standard InChI is InChI=1S/C52H101NO5/c1-3-5-7-9-11-13-14-15-23-26-30-34-38-42-46-52(57)58-47-43-39-35-31-27-24-21-19-17-16-18-20-22-25-29-33-37-41-45-51(56)53-49(48-54)50(55)44-40-36-32-28-12-10-8-6-4-2/h14-15,49-50,54-55H,3-13,16-48H2,1-2H3,(H,53,56)/b15-14-. The molecule has 3 N–H and O–H groups in total. The van der Waals surface area contributed by atoms with E-state index in [1.807, 2.05) is 0 Å². The van der Waals surface area contributed by atoms with Crippen molar-refractivity contribution in [1.29, 1.82) is 0 Å². The minimum atomic E-state index is -0.664. The van der Waals surface area contributed by atoms with Crippen LogP contribution in [0, 0.1) is 0 Å². The molecule has 0 bridgehead atoms. The number of esters is 1. The van der Waals surface area contributed by atoms with Gasteiger partial charge in [-0.1, -0.05) is 231 Å². The molecule has 2 atom stereocenters. The third kappa shape index (κ3) is 44.2. The average molecular weight is 820 g/mol. The molecule has 0 spiro atoms. The molecule has 0 aromatic rings. The van der Waals surface area contributed by atoms with Crippen LogP contribution in [0.15, 0.2) is 12.2 Å². The topological polar surface area (TPSA) is 95.9 Å². The van der Waals surface area contributed by atoms with Crippen molar-refractivity contribution in [2.45, 2.75) is 296 Å². The third-order valence-electron chi connectivity index (χ3n) is 12.1. The first kappa shape index (κ1) is 56.6. The summed E-state index contributed by atoms with van der Waals surface area (Å²) in [6, 6.07) is -0.541. The molecule has 344 valence electrons. The summed E-state index contributed by atoms with van der Waals surface area (Å²) in [6.45, 7) is 4.91. The lowest BCUT2D eigenvalue weighted by Gasteiger charge is -2.22. The monoisotopic (exact) mass is 820 g/mol. The van der Waals surface area contributed by atoms with Crippen LogP contribution in [-0.2, 0) is 14.3 Å². The van der Waals surface area contributed by atoms with Gasteiger partial charge in [0.15, 0.2) is 0 Å². The molecule has 58 heavy (non-hydrogen) atoms. The molecule has 0 rings (SSSR count). The van der Waals surface area contributed by atoms with E-state index in [1.165, 1.54) is 205 Å². The lowest BCUT2D eigenvalue weighted by Crippen LogP contribution is -2.45. The Hall–Kier alpha value is -1.40. The van der Waals surface area contributed by atoms with Crippen LogP contribution in [0.1, 0.15) is 284 Å². The Morgan fingerprint density at radius 1 is 0.466 bits per heavy atom. The molecule has 0 heterocycles. The highest BCUT2D eigenvalue weighted by molar-refractivity contribution is 5.76. The van der Waals surface area contributed by atoms with Crippen LogP contribution in [0.5, 0.6) is 0 Å². The first-order valence-corrected chi connectivity index (χ1v) is 25.9. The summed E-state index contributed by atoms with van der Waals surface area (Å²) in [5, 5.41) is 23.1. The van der Waals surface area contributed by atoms with Gasteiger partial charge in [-0.15, -0.1) is 0 Å². The van der Waals surface area contributed by atoms with Gasteiger partial charge in [-0.25, -0.2) is 0 Å². The second kappa shape index (κ2) is 48.3. The van der Waals surface area contributed by atoms with Crippen LogP contribution in [0.3, 0.4) is 0 Å². The number of ether oxygens (including phenoxy) is 1. The molecule has 0 aliphatic carbocycles. The van der Waals surface area contributed by atoms with E-state index in [0.29, 0.717) is 25.9 Å². The van der Waals surface area contributed by atoms with Gasteiger partial charge in [0.25, 0.3) is 0 Å². The molecule has 2 unspecified atom stereocenters. The van der Waals surface area contributed by atoms with E-state index in [0.717, 1.165) is 44.9 Å². The second-order valence-electron chi connectivity index (χ2n) is 17.9. The number of aliphatic hydroxyl groups is 2. The smallest absolute Gasteiger partial charge is 0.305 e. The van der Waals surface area contributed by atoms with E-state index in [2.05, 4.69) is 31.3 Å². The van der Waals surface area contributed by atoms with Crippen LogP contribution >= 0.6 is 0 Å². The number of aliphatic hydroxyl groups excluding tert-OH is 2. The van der Waals surface area contributed by atoms with Crippen LogP contribution in [0.2, 0.25) is 0 Å². The van der Waals surface area contributed by atoms with Crippen molar-refractivity contribution in [3.8, 4) is 0 Å². The summed E-state index contributed by atoms with van der Waals surface area (Å²) in [7, 11) is 0. The first-order valence-electron chi connectivity index (χ1n) is 25.9. The Morgan fingerprint density at radius 3 is 1.22 bits per heavy atom. The number of hydrogen-bond donors (Lipinski definition) is 3. The number of unbranched alkanes of at least 4 members (excludes halogenated alkanes) is 35. The molecule has 0 saturated heterocycles. The van der Waals surface area contributed by atoms with Gasteiger partial charge in [-0.3, -0.25) is 9.59 Å². The number of nitrogens with one attached hydrogen (secondary N) is 1. The zero-order chi connectivity index (χ0) is 42.3. The molecule has 0 radical (unpaired) electrons. The zero-order valence-electron chi connectivity index (χ0n) is 39.0. The first-order chi connectivity index (χ1) is 28.5. The van der Waals surface area contributed by atoms with Crippen molar-refractivity contribution >= 4 is 11.9 Å². The predicted molar refractivity (Wildman–Crippen MR) is 250 cm³/mol. The Bertz CT molecular complexity index is 863. The van der Waals surface area contributed by atoms with Crippen molar-refractivity contribution < 1.29 is 24.5 Å². The predicted octanol–water partition coefficient (Wildman–Crippen LogP) is 15.3. The van der Waals surface area contributed by atoms with E-state index < -0.39 is 12.1 Å². The van der Waals surface area contributed by atoms with Crippen molar-refractivity contribution in [1.82, 2.24) is 5.32 Å². The third-order valence-corrected chi connectivity index (χ3v) is 12.1. The quantitative estimate of drug-likeness (QED) is 0.0323. The lowest BCUT2D eigenvalue weighted by atomic mass is 10.0. The maximum absolute atomic E-state index is 12.4. The molecule has 0 fully saturated rings. The van der Waals surface area contributed by atoms with Gasteiger partial charge >= 0.3 is 5.97 Å². The van der Waals surface area contributed by atoms with Crippen LogP contribution in [0.25, 0.3) is 0 Å². The summed E-state index contributed by atoms with van der Waals surface area (Å²) < 4.78 is 5.46. The van der Waals surface area contributed by atoms with Gasteiger partial charge in [-0.2, -0.15) is 0 Å². The van der Waals surface area contributed by atoms with Gasteiger partial charge in [-0.05, 0) is 51.4 Å². The van der Waals surface area contributed by atoms with Crippen LogP contribution in [0.4, 0.5) is 0 Å². The summed E-state index contributed by atoms with van der Waals surface area (Å²) >= 11 is 0. The average Bonchev–Trinajstić information content (AvgIpc) is 3.22. The summed E-state index contributed by atoms with van der Waals surface area (Å²) in [5.41, 5.74) is 0. The summed E-state index contributed by atoms with van der Waals surface area (Å²) in [6.07, 6.45) is 54.8. The van der Waals surface area contributed by atoms with E-state index >= 15 is 0 Å². The van der Waals surface area contributed by atoms with Gasteiger partial charge in [0, 0.05) is 12.8 Å². The zero-order valence-corrected chi connectivity index (χ0v) is 39.0. The van der Waals surface area contributed by atoms with Crippen molar-refractivity contribution in [3.05, 3.63) is 12.2 Å². The summed E-state index contributed by atoms with van der Waals surface area (Å²) in [4.78, 5) is 24.4. The molecular weight excluding hydrogens is 719 g/mol. The van der Waals surface area contributed by atoms with Gasteiger partial charge < -0.3 is 20.3 Å². The fourth-order valence-electron chi connectivity index (χ4n) is 8.05. The fourth-order valence-corrected chi connectivity index (χ4v) is 8.05. The van der Waals surface area contributed by atoms with Crippen molar-refractivity contribution in [2.75, 3.05) is 13.2 Å². The Morgan fingerprint density at radius 2 is 0.810 bits per heavy atom. The SMILES string of the molecule is CCCCCCC/C=C\CCCCCCCC(=O)OCCCCCCCCCCCCCCCCCCCCC(=O)NC(CO)C(O)CCCCCCCCCCC. The summed E-state index contributed by atoms with van der Waals surface area (Å²) in [5.74, 6) is -0.0426. The molecule has 0 aliphatic rings. The number of carbonyl (C=O) groups excluding carboxylic acids is 2. The van der Waals surface area contributed by atoms with E-state index in [9.17, 15) is 19.8 Å². The van der Waals surface area contributed by atoms with Gasteiger partial charge in [0.1, 0.15) is 0 Å². The van der Waals surface area contributed by atoms with Crippen LogP contribution in [-0.4, -0.2) is 47.4 Å². The molecular formula is C52H101NO5. The number of carbonyl (C=O) groups is 2. The van der Waals surface area contributed by atoms with E-state index in [4.69, 9.17) is 4.74 Å². The Labute approximate surface area is 361 Å². The number of hydrogen-bond acceptors (Lipinski definition) is 5. The normalized spacial score (nSPS) is 12.7. The maximum Gasteiger partial charge on any atom is 0.305 e. The second-order valence-corrected chi connectivity index (χ2v) is 17.9. The van der Waals surface area contributed by atoms with Gasteiger partial charge in [0.2, 0.25) is 5.91 Å². The maximum atomic E-state index is 12.4. The fraction of sp³-hybridized carbons (Fsp3) is 0.923. The molecule has 0 aliphatic heterocycles. The molecule has 6 nitrogen and oxygen atoms in total. The Kier molecular flexibility index (Phi) is 47.1. The molecule has 0 aromatic carbocycles. The highest BCUT2D eigenvalue weighted by Gasteiger charge is 2.20. The number of amides is 1. The largest absolute Gasteiger partial charge is 0.466 e. The van der Waals surface area contributed by atoms with Crippen molar-refractivity contribution in [3.63, 3.8) is 0 Å². The number of allylic oxidation sites excluding steroid dienone is 2. The molecule has 0 saturated carbocycles. The van der Waals surface area contributed by atoms with E-state index in [1.54, 1.807) is 0 Å². The Balaban J connectivity index is 3.38. The molecule has 1 amide bonds. The highest BCUT2D eigenvalue weighted by atomic mass is 16.5. The minimum Gasteiger partial charge on any atom is -0.466 e. The van der Waals surface area contributed by atoms with E-state index in [-0.39, 0.29) is 18.5 Å².